The Hall–Kier alpha value is -2.37. The molecule has 0 radical (unpaired) electrons. The highest BCUT2D eigenvalue weighted by Crippen LogP contribution is 2.29. The molecule has 0 bridgehead atoms. The molecule has 5 heteroatoms. The molecule has 30 heavy (non-hydrogen) atoms. The number of hydrogen-bond donors (Lipinski definition) is 0. The summed E-state index contributed by atoms with van der Waals surface area (Å²) in [5, 5.41) is 0. The number of carbonyl (C=O) groups excluding carboxylic acids is 1. The standard InChI is InChI=1S/C25H32O5/c1-18(28-16-21-9-11-22(27-3)12-10-21)15-23-13-14-24(30-23)19(2)25(26)29-17-20-7-5-4-6-8-20/h4-12,18-19,23-24H,13-17H2,1-3H3/t18-,19+,23+,24-/m0/s1. The Labute approximate surface area is 179 Å². The van der Waals surface area contributed by atoms with Crippen LogP contribution < -0.4 is 4.74 Å². The van der Waals surface area contributed by atoms with Crippen LogP contribution >= 0.6 is 0 Å². The lowest BCUT2D eigenvalue weighted by Crippen LogP contribution is -2.28. The van der Waals surface area contributed by atoms with Gasteiger partial charge in [-0.25, -0.2) is 0 Å². The Morgan fingerprint density at radius 2 is 1.70 bits per heavy atom. The average Bonchev–Trinajstić information content (AvgIpc) is 3.25. The molecule has 1 heterocycles. The molecule has 0 unspecified atom stereocenters. The maximum Gasteiger partial charge on any atom is 0.311 e. The first kappa shape index (κ1) is 22.3. The lowest BCUT2D eigenvalue weighted by atomic mass is 10.0. The zero-order chi connectivity index (χ0) is 21.3. The second-order valence-electron chi connectivity index (χ2n) is 7.96. The largest absolute Gasteiger partial charge is 0.497 e. The summed E-state index contributed by atoms with van der Waals surface area (Å²) in [5.41, 5.74) is 2.11. The van der Waals surface area contributed by atoms with Crippen LogP contribution in [0.25, 0.3) is 0 Å². The van der Waals surface area contributed by atoms with Crippen molar-refractivity contribution in [3.63, 3.8) is 0 Å². The zero-order valence-corrected chi connectivity index (χ0v) is 18.1. The predicted octanol–water partition coefficient (Wildman–Crippen LogP) is 4.92. The predicted molar refractivity (Wildman–Crippen MR) is 115 cm³/mol. The molecule has 0 saturated carbocycles. The van der Waals surface area contributed by atoms with E-state index in [-0.39, 0.29) is 30.2 Å². The first-order valence-electron chi connectivity index (χ1n) is 10.7. The minimum Gasteiger partial charge on any atom is -0.497 e. The lowest BCUT2D eigenvalue weighted by molar-refractivity contribution is -0.154. The molecule has 2 aromatic carbocycles. The van der Waals surface area contributed by atoms with Crippen LogP contribution in [0.15, 0.2) is 54.6 Å². The van der Waals surface area contributed by atoms with Crippen LogP contribution in [-0.4, -0.2) is 31.4 Å². The number of carbonyl (C=O) groups is 1. The Morgan fingerprint density at radius 1 is 1.00 bits per heavy atom. The van der Waals surface area contributed by atoms with Crippen LogP contribution in [0.5, 0.6) is 5.75 Å². The Morgan fingerprint density at radius 3 is 2.40 bits per heavy atom. The van der Waals surface area contributed by atoms with E-state index in [1.54, 1.807) is 7.11 Å². The van der Waals surface area contributed by atoms with E-state index in [1.165, 1.54) is 0 Å². The molecule has 1 saturated heterocycles. The van der Waals surface area contributed by atoms with Crippen molar-refractivity contribution >= 4 is 5.97 Å². The van der Waals surface area contributed by atoms with Gasteiger partial charge in [-0.2, -0.15) is 0 Å². The molecule has 0 aliphatic carbocycles. The second kappa shape index (κ2) is 11.1. The molecule has 1 aliphatic rings. The van der Waals surface area contributed by atoms with Gasteiger partial charge >= 0.3 is 5.97 Å². The van der Waals surface area contributed by atoms with Crippen molar-refractivity contribution in [3.8, 4) is 5.75 Å². The third-order valence-electron chi connectivity index (χ3n) is 5.58. The van der Waals surface area contributed by atoms with E-state index in [2.05, 4.69) is 6.92 Å². The smallest absolute Gasteiger partial charge is 0.311 e. The summed E-state index contributed by atoms with van der Waals surface area (Å²) < 4.78 is 22.8. The zero-order valence-electron chi connectivity index (χ0n) is 18.1. The Bertz CT molecular complexity index is 774. The lowest BCUT2D eigenvalue weighted by Gasteiger charge is -2.21. The third kappa shape index (κ3) is 6.57. The van der Waals surface area contributed by atoms with Crippen molar-refractivity contribution in [1.82, 2.24) is 0 Å². The summed E-state index contributed by atoms with van der Waals surface area (Å²) in [6.07, 6.45) is 2.74. The van der Waals surface area contributed by atoms with E-state index in [0.29, 0.717) is 13.2 Å². The Kier molecular flexibility index (Phi) is 8.29. The van der Waals surface area contributed by atoms with Crippen molar-refractivity contribution in [3.05, 3.63) is 65.7 Å². The van der Waals surface area contributed by atoms with Gasteiger partial charge in [0.05, 0.1) is 37.9 Å². The molecular weight excluding hydrogens is 380 g/mol. The minimum atomic E-state index is -0.269. The first-order chi connectivity index (χ1) is 14.5. The molecule has 0 amide bonds. The maximum atomic E-state index is 12.4. The van der Waals surface area contributed by atoms with E-state index < -0.39 is 0 Å². The van der Waals surface area contributed by atoms with Gasteiger partial charge in [-0.15, -0.1) is 0 Å². The monoisotopic (exact) mass is 412 g/mol. The topological polar surface area (TPSA) is 54.0 Å². The summed E-state index contributed by atoms with van der Waals surface area (Å²) in [6.45, 7) is 4.82. The molecule has 0 aromatic heterocycles. The molecule has 162 valence electrons. The normalized spacial score (nSPS) is 20.5. The van der Waals surface area contributed by atoms with Gasteiger partial charge in [0.1, 0.15) is 12.4 Å². The molecule has 3 rings (SSSR count). The highest BCUT2D eigenvalue weighted by molar-refractivity contribution is 5.72. The third-order valence-corrected chi connectivity index (χ3v) is 5.58. The summed E-state index contributed by atoms with van der Waals surface area (Å²) in [6, 6.07) is 17.6. The van der Waals surface area contributed by atoms with Gasteiger partial charge in [0.25, 0.3) is 0 Å². The highest BCUT2D eigenvalue weighted by Gasteiger charge is 2.34. The van der Waals surface area contributed by atoms with Gasteiger partial charge in [-0.05, 0) is 56.4 Å². The molecular formula is C25H32O5. The molecule has 1 aliphatic heterocycles. The molecule has 4 atom stereocenters. The number of methoxy groups -OCH3 is 1. The van der Waals surface area contributed by atoms with Crippen molar-refractivity contribution in [2.45, 2.75) is 64.6 Å². The number of benzene rings is 2. The van der Waals surface area contributed by atoms with Gasteiger partial charge in [0, 0.05) is 0 Å². The summed E-state index contributed by atoms with van der Waals surface area (Å²) in [4.78, 5) is 12.4. The SMILES string of the molecule is COc1ccc(CO[C@@H](C)C[C@H]2CC[C@@H]([C@@H](C)C(=O)OCc3ccccc3)O2)cc1. The van der Waals surface area contributed by atoms with Gasteiger partial charge in [0.2, 0.25) is 0 Å². The van der Waals surface area contributed by atoms with Gasteiger partial charge < -0.3 is 18.9 Å². The fraction of sp³-hybridized carbons (Fsp3) is 0.480. The van der Waals surface area contributed by atoms with Gasteiger partial charge in [-0.1, -0.05) is 42.5 Å². The van der Waals surface area contributed by atoms with Crippen LogP contribution in [0.4, 0.5) is 0 Å². The van der Waals surface area contributed by atoms with Crippen LogP contribution in [0.2, 0.25) is 0 Å². The van der Waals surface area contributed by atoms with Gasteiger partial charge in [0.15, 0.2) is 0 Å². The second-order valence-corrected chi connectivity index (χ2v) is 7.96. The van der Waals surface area contributed by atoms with Gasteiger partial charge in [-0.3, -0.25) is 4.79 Å². The molecule has 0 N–H and O–H groups in total. The molecule has 0 spiro atoms. The molecule has 2 aromatic rings. The fourth-order valence-corrected chi connectivity index (χ4v) is 3.69. The van der Waals surface area contributed by atoms with Crippen LogP contribution in [0, 0.1) is 5.92 Å². The van der Waals surface area contributed by atoms with E-state index >= 15 is 0 Å². The van der Waals surface area contributed by atoms with E-state index in [9.17, 15) is 4.79 Å². The average molecular weight is 413 g/mol. The van der Waals surface area contributed by atoms with Crippen LogP contribution in [-0.2, 0) is 32.2 Å². The van der Waals surface area contributed by atoms with Crippen molar-refractivity contribution in [2.24, 2.45) is 5.92 Å². The highest BCUT2D eigenvalue weighted by atomic mass is 16.5. The van der Waals surface area contributed by atoms with Crippen molar-refractivity contribution in [1.29, 1.82) is 0 Å². The van der Waals surface area contributed by atoms with E-state index in [4.69, 9.17) is 18.9 Å². The van der Waals surface area contributed by atoms with E-state index in [1.807, 2.05) is 61.5 Å². The number of rotatable bonds is 10. The maximum absolute atomic E-state index is 12.4. The molecule has 1 fully saturated rings. The molecule has 5 nitrogen and oxygen atoms in total. The van der Waals surface area contributed by atoms with Crippen LogP contribution in [0.1, 0.15) is 44.2 Å². The fourth-order valence-electron chi connectivity index (χ4n) is 3.69. The summed E-state index contributed by atoms with van der Waals surface area (Å²) >= 11 is 0. The van der Waals surface area contributed by atoms with Crippen molar-refractivity contribution in [2.75, 3.05) is 7.11 Å². The number of esters is 1. The first-order valence-corrected chi connectivity index (χ1v) is 10.7. The number of hydrogen-bond acceptors (Lipinski definition) is 5. The minimum absolute atomic E-state index is 0.0798. The van der Waals surface area contributed by atoms with Crippen molar-refractivity contribution < 1.29 is 23.7 Å². The Balaban J connectivity index is 1.37. The van der Waals surface area contributed by atoms with Crippen LogP contribution in [0.3, 0.4) is 0 Å². The quantitative estimate of drug-likeness (QED) is 0.519. The van der Waals surface area contributed by atoms with E-state index in [0.717, 1.165) is 36.1 Å². The number of ether oxygens (including phenoxy) is 4. The summed E-state index contributed by atoms with van der Waals surface area (Å²) in [7, 11) is 1.66. The summed E-state index contributed by atoms with van der Waals surface area (Å²) in [5.74, 6) is 0.371.